The van der Waals surface area contributed by atoms with Gasteiger partial charge in [-0.25, -0.2) is 4.68 Å². The first-order valence-corrected chi connectivity index (χ1v) is 12.0. The lowest BCUT2D eigenvalue weighted by Gasteiger charge is -2.26. The second kappa shape index (κ2) is 9.27. The molecule has 1 aliphatic heterocycles. The predicted octanol–water partition coefficient (Wildman–Crippen LogP) is 2.94. The molecule has 0 aliphatic carbocycles. The molecule has 0 fully saturated rings. The van der Waals surface area contributed by atoms with Crippen molar-refractivity contribution in [1.29, 1.82) is 0 Å². The van der Waals surface area contributed by atoms with Gasteiger partial charge in [0.25, 0.3) is 0 Å². The van der Waals surface area contributed by atoms with Crippen molar-refractivity contribution < 1.29 is 9.84 Å². The maximum atomic E-state index is 9.64. The highest BCUT2D eigenvalue weighted by Crippen LogP contribution is 2.34. The third kappa shape index (κ3) is 4.23. The lowest BCUT2D eigenvalue weighted by Crippen LogP contribution is -2.34. The fraction of sp³-hybridized carbons (Fsp3) is 0.440. The van der Waals surface area contributed by atoms with Crippen molar-refractivity contribution in [2.45, 2.75) is 46.9 Å². The van der Waals surface area contributed by atoms with Gasteiger partial charge in [-0.3, -0.25) is 19.7 Å². The number of aromatic amines is 1. The summed E-state index contributed by atoms with van der Waals surface area (Å²) in [5, 5.41) is 27.6. The van der Waals surface area contributed by atoms with Gasteiger partial charge in [-0.1, -0.05) is 6.92 Å². The Kier molecular flexibility index (Phi) is 6.16. The normalized spacial score (nSPS) is 17.6. The summed E-state index contributed by atoms with van der Waals surface area (Å²) < 4.78 is 10.2. The van der Waals surface area contributed by atoms with Crippen LogP contribution >= 0.6 is 0 Å². The first kappa shape index (κ1) is 23.3. The number of fused-ring (bicyclic) bond motifs is 4. The topological polar surface area (TPSA) is 110 Å². The fourth-order valence-electron chi connectivity index (χ4n) is 4.85. The number of aromatic nitrogens is 7. The summed E-state index contributed by atoms with van der Waals surface area (Å²) in [6.45, 7) is 10.9. The minimum absolute atomic E-state index is 0.0330. The minimum Gasteiger partial charge on any atom is -0.473 e. The van der Waals surface area contributed by atoms with Gasteiger partial charge in [0.15, 0.2) is 0 Å². The molecule has 5 heterocycles. The van der Waals surface area contributed by atoms with Crippen LogP contribution in [0.3, 0.4) is 0 Å². The highest BCUT2D eigenvalue weighted by Gasteiger charge is 2.23. The molecule has 0 aromatic carbocycles. The van der Waals surface area contributed by atoms with Gasteiger partial charge in [-0.2, -0.15) is 15.3 Å². The van der Waals surface area contributed by atoms with Crippen LogP contribution < -0.4 is 4.74 Å². The van der Waals surface area contributed by atoms with Gasteiger partial charge < -0.3 is 9.84 Å². The number of aliphatic hydroxyl groups excluding tert-OH is 1. The van der Waals surface area contributed by atoms with Crippen LogP contribution in [0.5, 0.6) is 5.88 Å². The van der Waals surface area contributed by atoms with Gasteiger partial charge in [0.1, 0.15) is 6.10 Å². The van der Waals surface area contributed by atoms with Crippen molar-refractivity contribution >= 4 is 23.1 Å². The minimum atomic E-state index is -0.0869. The van der Waals surface area contributed by atoms with E-state index < -0.39 is 0 Å². The molecule has 35 heavy (non-hydrogen) atoms. The summed E-state index contributed by atoms with van der Waals surface area (Å²) in [5.74, 6) is 0.704. The lowest BCUT2D eigenvalue weighted by atomic mass is 10.1. The maximum absolute atomic E-state index is 9.64. The Morgan fingerprint density at radius 3 is 2.80 bits per heavy atom. The van der Waals surface area contributed by atoms with Crippen molar-refractivity contribution in [2.75, 3.05) is 19.7 Å². The van der Waals surface area contributed by atoms with Crippen molar-refractivity contribution in [3.63, 3.8) is 0 Å². The molecule has 2 bridgehead atoms. The van der Waals surface area contributed by atoms with Crippen LogP contribution in [0.4, 0.5) is 0 Å². The van der Waals surface area contributed by atoms with Crippen LogP contribution in [0, 0.1) is 13.8 Å². The first-order valence-electron chi connectivity index (χ1n) is 12.0. The molecule has 1 aliphatic rings. The monoisotopic (exact) mass is 476 g/mol. The number of nitrogens with zero attached hydrogens (tertiary/aromatic N) is 7. The molecule has 4 aromatic rings. The quantitative estimate of drug-likeness (QED) is 0.468. The number of H-pyrrole nitrogens is 1. The largest absolute Gasteiger partial charge is 0.473 e. The van der Waals surface area contributed by atoms with E-state index in [2.05, 4.69) is 40.1 Å². The van der Waals surface area contributed by atoms with E-state index in [0.717, 1.165) is 63.6 Å². The van der Waals surface area contributed by atoms with Gasteiger partial charge in [0.2, 0.25) is 5.88 Å². The van der Waals surface area contributed by atoms with Crippen molar-refractivity contribution in [2.24, 2.45) is 7.05 Å². The molecule has 2 N–H and O–H groups in total. The first-order chi connectivity index (χ1) is 16.9. The molecule has 10 heteroatoms. The second-order valence-corrected chi connectivity index (χ2v) is 9.10. The molecule has 0 saturated heterocycles. The van der Waals surface area contributed by atoms with Gasteiger partial charge in [-0.05, 0) is 45.5 Å². The zero-order valence-electron chi connectivity index (χ0n) is 20.9. The van der Waals surface area contributed by atoms with Gasteiger partial charge in [-0.15, -0.1) is 0 Å². The Bertz CT molecular complexity index is 1400. The van der Waals surface area contributed by atoms with E-state index >= 15 is 0 Å². The second-order valence-electron chi connectivity index (χ2n) is 9.10. The number of aliphatic hydroxyl groups is 1. The molecule has 4 aromatic heterocycles. The maximum Gasteiger partial charge on any atom is 0.221 e. The Morgan fingerprint density at radius 2 is 2.03 bits per heavy atom. The molecule has 0 saturated carbocycles. The van der Waals surface area contributed by atoms with Gasteiger partial charge >= 0.3 is 0 Å². The van der Waals surface area contributed by atoms with Crippen LogP contribution in [0.1, 0.15) is 42.2 Å². The number of likely N-dealkylation sites (N-methyl/N-ethyl adjacent to an activating group) is 1. The number of hydrogen-bond donors (Lipinski definition) is 2. The van der Waals surface area contributed by atoms with Crippen LogP contribution in [-0.2, 0) is 20.1 Å². The summed E-state index contributed by atoms with van der Waals surface area (Å²) in [5.41, 5.74) is 7.29. The molecule has 5 rings (SSSR count). The number of nitrogens with one attached hydrogen (secondary N) is 1. The van der Waals surface area contributed by atoms with E-state index in [-0.39, 0.29) is 12.7 Å². The molecular formula is C25H32N8O2. The van der Waals surface area contributed by atoms with Crippen LogP contribution in [0.15, 0.2) is 12.3 Å². The average Bonchev–Trinajstić information content (AvgIpc) is 3.45. The third-order valence-corrected chi connectivity index (χ3v) is 6.55. The van der Waals surface area contributed by atoms with Crippen molar-refractivity contribution in [3.05, 3.63) is 40.6 Å². The average molecular weight is 477 g/mol. The predicted molar refractivity (Wildman–Crippen MR) is 135 cm³/mol. The third-order valence-electron chi connectivity index (χ3n) is 6.55. The zero-order chi connectivity index (χ0) is 24.7. The SMILES string of the molecule is CCN1Cc2c(c(C)nn2CCO)/C=C/c2n[nH]c3cnc(cc23)-c2c(C)nn(C)c2O[C@@H](C)C1. The number of hydrogen-bond acceptors (Lipinski definition) is 7. The van der Waals surface area contributed by atoms with E-state index in [1.807, 2.05) is 43.9 Å². The summed E-state index contributed by atoms with van der Waals surface area (Å²) in [6.07, 6.45) is 5.82. The van der Waals surface area contributed by atoms with Crippen LogP contribution in [-0.4, -0.2) is 70.5 Å². The summed E-state index contributed by atoms with van der Waals surface area (Å²) >= 11 is 0. The van der Waals surface area contributed by atoms with Crippen LogP contribution in [0.25, 0.3) is 34.3 Å². The number of pyridine rings is 1. The van der Waals surface area contributed by atoms with E-state index in [1.165, 1.54) is 0 Å². The van der Waals surface area contributed by atoms with E-state index in [9.17, 15) is 5.11 Å². The van der Waals surface area contributed by atoms with Crippen molar-refractivity contribution in [1.82, 2.24) is 39.6 Å². The standard InChI is InChI=1S/C25H32N8O2/c1-6-32-13-15(2)35-25-24(17(4)29-31(25)5)21-11-19-20(27-28-22(19)12-26-21)8-7-18-16(3)30-33(9-10-34)23(18)14-32/h7-8,11-12,15,34H,6,9-10,13-14H2,1-5H3,(H,27,28)/b8-7+/t15-/m0/s1. The van der Waals surface area contributed by atoms with E-state index in [0.29, 0.717) is 19.0 Å². The van der Waals surface area contributed by atoms with Gasteiger partial charge in [0, 0.05) is 31.1 Å². The highest BCUT2D eigenvalue weighted by molar-refractivity contribution is 5.92. The molecule has 1 atom stereocenters. The fourth-order valence-corrected chi connectivity index (χ4v) is 4.85. The molecule has 0 radical (unpaired) electrons. The highest BCUT2D eigenvalue weighted by atomic mass is 16.5. The summed E-state index contributed by atoms with van der Waals surface area (Å²) in [6, 6.07) is 2.04. The molecule has 0 unspecified atom stereocenters. The van der Waals surface area contributed by atoms with Gasteiger partial charge in [0.05, 0.1) is 58.9 Å². The summed E-state index contributed by atoms with van der Waals surface area (Å²) in [7, 11) is 1.90. The number of rotatable bonds is 3. The molecule has 0 amide bonds. The Labute approximate surface area is 204 Å². The van der Waals surface area contributed by atoms with Crippen LogP contribution in [0.2, 0.25) is 0 Å². The van der Waals surface area contributed by atoms with E-state index in [1.54, 1.807) is 4.68 Å². The summed E-state index contributed by atoms with van der Waals surface area (Å²) in [4.78, 5) is 7.03. The van der Waals surface area contributed by atoms with Crippen molar-refractivity contribution in [3.8, 4) is 17.1 Å². The van der Waals surface area contributed by atoms with E-state index in [4.69, 9.17) is 14.8 Å². The molecule has 10 nitrogen and oxygen atoms in total. The Balaban J connectivity index is 1.71. The number of aryl methyl sites for hydroxylation is 3. The number of ether oxygens (including phenoxy) is 1. The molecule has 0 spiro atoms. The Morgan fingerprint density at radius 1 is 1.20 bits per heavy atom. The Hall–Kier alpha value is -3.50. The molecule has 184 valence electrons. The smallest absolute Gasteiger partial charge is 0.221 e. The molecular weight excluding hydrogens is 444 g/mol. The zero-order valence-corrected chi connectivity index (χ0v) is 20.9. The lowest BCUT2D eigenvalue weighted by molar-refractivity contribution is 0.133.